The fourth-order valence-corrected chi connectivity index (χ4v) is 5.30. The number of sulfone groups is 1. The van der Waals surface area contributed by atoms with Crippen LogP contribution in [0, 0.1) is 5.92 Å². The molecule has 0 saturated heterocycles. The van der Waals surface area contributed by atoms with Gasteiger partial charge in [-0.25, -0.2) is 8.42 Å². The molecule has 1 fully saturated rings. The summed E-state index contributed by atoms with van der Waals surface area (Å²) in [6.45, 7) is -1.07. The van der Waals surface area contributed by atoms with Gasteiger partial charge >= 0.3 is 6.61 Å². The molecule has 0 radical (unpaired) electrons. The Hall–Kier alpha value is -2.56. The van der Waals surface area contributed by atoms with Gasteiger partial charge < -0.3 is 15.4 Å². The smallest absolute Gasteiger partial charge is 0.387 e. The van der Waals surface area contributed by atoms with Gasteiger partial charge in [-0.05, 0) is 24.8 Å². The quantitative estimate of drug-likeness (QED) is 0.378. The van der Waals surface area contributed by atoms with Gasteiger partial charge in [0, 0.05) is 18.5 Å². The number of benzene rings is 1. The zero-order valence-corrected chi connectivity index (χ0v) is 20.0. The molecular formula is C23H32F2N2O6S. The Balaban J connectivity index is 1.82. The monoisotopic (exact) mass is 502 g/mol. The molecule has 0 aliphatic heterocycles. The fourth-order valence-electron chi connectivity index (χ4n) is 3.95. The van der Waals surface area contributed by atoms with Crippen molar-refractivity contribution in [2.75, 3.05) is 12.3 Å². The Morgan fingerprint density at radius 1 is 1.15 bits per heavy atom. The first-order chi connectivity index (χ1) is 16.1. The lowest BCUT2D eigenvalue weighted by Crippen LogP contribution is -2.47. The van der Waals surface area contributed by atoms with Crippen molar-refractivity contribution in [3.8, 4) is 5.75 Å². The summed E-state index contributed by atoms with van der Waals surface area (Å²) in [4.78, 5) is 36.8. The molecule has 11 heteroatoms. The van der Waals surface area contributed by atoms with E-state index in [1.807, 2.05) is 0 Å². The molecule has 0 spiro atoms. The van der Waals surface area contributed by atoms with Crippen LogP contribution in [-0.4, -0.2) is 51.0 Å². The van der Waals surface area contributed by atoms with E-state index >= 15 is 0 Å². The molecule has 2 N–H and O–H groups in total. The predicted molar refractivity (Wildman–Crippen MR) is 122 cm³/mol. The SMILES string of the molecule is CCC(NC(=O)CCS(=O)(=O)Cc1ccccc1OC(F)F)C(=O)C(=O)NCCC1CCCC1. The number of halogens is 2. The highest BCUT2D eigenvalue weighted by Crippen LogP contribution is 2.27. The summed E-state index contributed by atoms with van der Waals surface area (Å²) in [6, 6.07) is 4.47. The number of carbonyl (C=O) groups excluding carboxylic acids is 3. The normalized spacial score (nSPS) is 15.2. The minimum absolute atomic E-state index is 0.0547. The van der Waals surface area contributed by atoms with Gasteiger partial charge in [-0.1, -0.05) is 50.8 Å². The molecule has 8 nitrogen and oxygen atoms in total. The molecular weight excluding hydrogens is 470 g/mol. The second-order valence-corrected chi connectivity index (χ2v) is 10.6. The average molecular weight is 503 g/mol. The minimum Gasteiger partial charge on any atom is -0.435 e. The van der Waals surface area contributed by atoms with Gasteiger partial charge in [0.15, 0.2) is 9.84 Å². The van der Waals surface area contributed by atoms with Crippen LogP contribution in [0.4, 0.5) is 8.78 Å². The van der Waals surface area contributed by atoms with Crippen molar-refractivity contribution in [3.63, 3.8) is 0 Å². The Kier molecular flexibility index (Phi) is 10.9. The molecule has 1 aromatic rings. The average Bonchev–Trinajstić information content (AvgIpc) is 3.30. The third kappa shape index (κ3) is 9.36. The summed E-state index contributed by atoms with van der Waals surface area (Å²) in [7, 11) is -3.84. The third-order valence-electron chi connectivity index (χ3n) is 5.80. The molecule has 0 bridgehead atoms. The van der Waals surface area contributed by atoms with Crippen LogP contribution in [0.25, 0.3) is 0 Å². The molecule has 0 aromatic heterocycles. The van der Waals surface area contributed by atoms with E-state index in [1.54, 1.807) is 6.92 Å². The number of ether oxygens (including phenoxy) is 1. The van der Waals surface area contributed by atoms with Crippen LogP contribution in [0.1, 0.15) is 57.4 Å². The lowest BCUT2D eigenvalue weighted by atomic mass is 10.0. The highest BCUT2D eigenvalue weighted by molar-refractivity contribution is 7.90. The number of Topliss-reactive ketones (excluding diaryl/α,β-unsaturated/α-hetero) is 1. The van der Waals surface area contributed by atoms with Crippen LogP contribution in [-0.2, 0) is 30.0 Å². The molecule has 1 aliphatic carbocycles. The topological polar surface area (TPSA) is 119 Å². The summed E-state index contributed by atoms with van der Waals surface area (Å²) in [6.07, 6.45) is 5.18. The molecule has 1 aromatic carbocycles. The van der Waals surface area contributed by atoms with Gasteiger partial charge in [0.05, 0.1) is 17.5 Å². The summed E-state index contributed by atoms with van der Waals surface area (Å²) in [5.41, 5.74) is 0.0547. The Morgan fingerprint density at radius 3 is 2.47 bits per heavy atom. The Labute approximate surface area is 198 Å². The highest BCUT2D eigenvalue weighted by atomic mass is 32.2. The molecule has 1 aliphatic rings. The molecule has 1 unspecified atom stereocenters. The maximum absolute atomic E-state index is 12.5. The first-order valence-corrected chi connectivity index (χ1v) is 13.3. The lowest BCUT2D eigenvalue weighted by molar-refractivity contribution is -0.140. The van der Waals surface area contributed by atoms with Crippen molar-refractivity contribution in [1.82, 2.24) is 10.6 Å². The molecule has 34 heavy (non-hydrogen) atoms. The van der Waals surface area contributed by atoms with Crippen LogP contribution in [0.2, 0.25) is 0 Å². The number of ketones is 1. The maximum Gasteiger partial charge on any atom is 0.387 e. The number of para-hydroxylation sites is 1. The van der Waals surface area contributed by atoms with E-state index in [0.717, 1.165) is 19.3 Å². The Morgan fingerprint density at radius 2 is 1.82 bits per heavy atom. The van der Waals surface area contributed by atoms with E-state index in [1.165, 1.54) is 37.1 Å². The molecule has 1 atom stereocenters. The Bertz CT molecular complexity index is 949. The van der Waals surface area contributed by atoms with Gasteiger partial charge in [0.1, 0.15) is 5.75 Å². The largest absolute Gasteiger partial charge is 0.435 e. The van der Waals surface area contributed by atoms with Crippen molar-refractivity contribution in [2.24, 2.45) is 5.92 Å². The van der Waals surface area contributed by atoms with Crippen molar-refractivity contribution in [2.45, 2.75) is 70.3 Å². The predicted octanol–water partition coefficient (Wildman–Crippen LogP) is 2.75. The molecule has 0 heterocycles. The van der Waals surface area contributed by atoms with Crippen LogP contribution in [0.3, 0.4) is 0 Å². The van der Waals surface area contributed by atoms with Crippen molar-refractivity contribution in [1.29, 1.82) is 0 Å². The van der Waals surface area contributed by atoms with E-state index in [-0.39, 0.29) is 17.7 Å². The molecule has 2 rings (SSSR count). The highest BCUT2D eigenvalue weighted by Gasteiger charge is 2.26. The number of hydrogen-bond donors (Lipinski definition) is 2. The number of rotatable bonds is 14. The first kappa shape index (κ1) is 27.7. The van der Waals surface area contributed by atoms with Gasteiger partial charge in [-0.15, -0.1) is 0 Å². The van der Waals surface area contributed by atoms with E-state index < -0.39 is 58.0 Å². The zero-order chi connectivity index (χ0) is 25.1. The number of nitrogens with one attached hydrogen (secondary N) is 2. The number of amides is 2. The van der Waals surface area contributed by atoms with E-state index in [9.17, 15) is 31.6 Å². The summed E-state index contributed by atoms with van der Waals surface area (Å²) < 4.78 is 54.2. The standard InChI is InChI=1S/C23H32F2N2O6S/c1-2-18(21(29)22(30)26-13-11-16-7-3-4-8-16)27-20(28)12-14-34(31,32)15-17-9-5-6-10-19(17)33-23(24)25/h5-6,9-10,16,18,23H,2-4,7-8,11-15H2,1H3,(H,26,30)(H,27,28). The zero-order valence-electron chi connectivity index (χ0n) is 19.2. The van der Waals surface area contributed by atoms with Crippen molar-refractivity contribution in [3.05, 3.63) is 29.8 Å². The number of alkyl halides is 2. The summed E-state index contributed by atoms with van der Waals surface area (Å²) in [5, 5.41) is 5.01. The van der Waals surface area contributed by atoms with Gasteiger partial charge in [-0.3, -0.25) is 14.4 Å². The van der Waals surface area contributed by atoms with Gasteiger partial charge in [-0.2, -0.15) is 8.78 Å². The summed E-state index contributed by atoms with van der Waals surface area (Å²) in [5.74, 6) is -3.06. The summed E-state index contributed by atoms with van der Waals surface area (Å²) >= 11 is 0. The maximum atomic E-state index is 12.5. The third-order valence-corrected chi connectivity index (χ3v) is 7.38. The van der Waals surface area contributed by atoms with Crippen molar-refractivity contribution >= 4 is 27.4 Å². The number of hydrogen-bond acceptors (Lipinski definition) is 6. The van der Waals surface area contributed by atoms with Crippen molar-refractivity contribution < 1.29 is 36.3 Å². The minimum atomic E-state index is -3.84. The van der Waals surface area contributed by atoms with Gasteiger partial charge in [0.25, 0.3) is 5.91 Å². The van der Waals surface area contributed by atoms with E-state index in [0.29, 0.717) is 12.5 Å². The molecule has 190 valence electrons. The van der Waals surface area contributed by atoms with Gasteiger partial charge in [0.2, 0.25) is 11.7 Å². The van der Waals surface area contributed by atoms with Crippen LogP contribution >= 0.6 is 0 Å². The number of carbonyl (C=O) groups is 3. The molecule has 2 amide bonds. The second-order valence-electron chi connectivity index (χ2n) is 8.42. The van der Waals surface area contributed by atoms with Crippen LogP contribution in [0.5, 0.6) is 5.75 Å². The second kappa shape index (κ2) is 13.4. The lowest BCUT2D eigenvalue weighted by Gasteiger charge is -2.16. The molecule has 1 saturated carbocycles. The van der Waals surface area contributed by atoms with Crippen LogP contribution < -0.4 is 15.4 Å². The first-order valence-electron chi connectivity index (χ1n) is 11.5. The van der Waals surface area contributed by atoms with E-state index in [4.69, 9.17) is 0 Å². The fraction of sp³-hybridized carbons (Fsp3) is 0.609. The van der Waals surface area contributed by atoms with Crippen LogP contribution in [0.15, 0.2) is 24.3 Å². The van der Waals surface area contributed by atoms with E-state index in [2.05, 4.69) is 15.4 Å².